The SMILES string of the molecule is CCCCCCCCCCCCCCCCCC(=O)OCCSC[C@H](N)C(=O)N[C@@H](CCO)C(=O)OC. The van der Waals surface area contributed by atoms with Gasteiger partial charge in [-0.25, -0.2) is 4.79 Å². The van der Waals surface area contributed by atoms with E-state index in [1.165, 1.54) is 102 Å². The van der Waals surface area contributed by atoms with Crippen LogP contribution in [0.4, 0.5) is 0 Å². The van der Waals surface area contributed by atoms with Gasteiger partial charge >= 0.3 is 11.9 Å². The van der Waals surface area contributed by atoms with Gasteiger partial charge in [-0.3, -0.25) is 9.59 Å². The average molecular weight is 547 g/mol. The lowest BCUT2D eigenvalue weighted by molar-refractivity contribution is -0.145. The third kappa shape index (κ3) is 22.4. The van der Waals surface area contributed by atoms with Crippen molar-refractivity contribution in [1.82, 2.24) is 5.32 Å². The highest BCUT2D eigenvalue weighted by Gasteiger charge is 2.23. The molecule has 0 unspecified atom stereocenters. The number of nitrogens with one attached hydrogen (secondary N) is 1. The maximum atomic E-state index is 12.1. The van der Waals surface area contributed by atoms with E-state index >= 15 is 0 Å². The summed E-state index contributed by atoms with van der Waals surface area (Å²) < 4.78 is 9.86. The predicted molar refractivity (Wildman–Crippen MR) is 151 cm³/mol. The van der Waals surface area contributed by atoms with Gasteiger partial charge in [-0.1, -0.05) is 96.8 Å². The molecular weight excluding hydrogens is 492 g/mol. The zero-order chi connectivity index (χ0) is 27.6. The van der Waals surface area contributed by atoms with E-state index in [0.717, 1.165) is 12.8 Å². The quantitative estimate of drug-likeness (QED) is 0.103. The summed E-state index contributed by atoms with van der Waals surface area (Å²) in [4.78, 5) is 35.6. The lowest BCUT2D eigenvalue weighted by atomic mass is 10.0. The first-order valence-corrected chi connectivity index (χ1v) is 15.6. The summed E-state index contributed by atoms with van der Waals surface area (Å²) in [6, 6.07) is -1.73. The van der Waals surface area contributed by atoms with Crippen LogP contribution in [0.5, 0.6) is 0 Å². The summed E-state index contributed by atoms with van der Waals surface area (Å²) >= 11 is 1.41. The van der Waals surface area contributed by atoms with Crippen molar-refractivity contribution in [2.75, 3.05) is 31.8 Å². The van der Waals surface area contributed by atoms with Crippen LogP contribution in [0.25, 0.3) is 0 Å². The minimum absolute atomic E-state index is 0.0631. The molecule has 0 spiro atoms. The molecule has 0 saturated carbocycles. The molecule has 0 radical (unpaired) electrons. The number of nitrogens with two attached hydrogens (primary N) is 1. The first-order valence-electron chi connectivity index (χ1n) is 14.4. The van der Waals surface area contributed by atoms with E-state index in [0.29, 0.717) is 17.9 Å². The highest BCUT2D eigenvalue weighted by atomic mass is 32.2. The van der Waals surface area contributed by atoms with Gasteiger partial charge in [0.25, 0.3) is 0 Å². The minimum Gasteiger partial charge on any atom is -0.467 e. The predicted octanol–water partition coefficient (Wildman–Crippen LogP) is 4.89. The number of rotatable bonds is 26. The van der Waals surface area contributed by atoms with E-state index in [4.69, 9.17) is 15.6 Å². The van der Waals surface area contributed by atoms with Gasteiger partial charge in [-0.2, -0.15) is 11.8 Å². The number of hydrogen-bond acceptors (Lipinski definition) is 8. The van der Waals surface area contributed by atoms with Crippen LogP contribution in [0, 0.1) is 0 Å². The maximum absolute atomic E-state index is 12.1. The number of unbranched alkanes of at least 4 members (excludes halogenated alkanes) is 14. The molecule has 37 heavy (non-hydrogen) atoms. The fraction of sp³-hybridized carbons (Fsp3) is 0.893. The molecule has 0 aromatic carbocycles. The number of aliphatic hydroxyl groups is 1. The van der Waals surface area contributed by atoms with Crippen LogP contribution in [0.2, 0.25) is 0 Å². The van der Waals surface area contributed by atoms with E-state index in [9.17, 15) is 14.4 Å². The number of carbonyl (C=O) groups excluding carboxylic acids is 3. The summed E-state index contributed by atoms with van der Waals surface area (Å²) in [5, 5.41) is 11.5. The number of ether oxygens (including phenoxy) is 2. The molecule has 0 saturated heterocycles. The molecule has 0 fully saturated rings. The van der Waals surface area contributed by atoms with Gasteiger partial charge in [-0.05, 0) is 6.42 Å². The molecule has 8 nitrogen and oxygen atoms in total. The maximum Gasteiger partial charge on any atom is 0.328 e. The molecule has 0 bridgehead atoms. The van der Waals surface area contributed by atoms with Crippen molar-refractivity contribution in [2.24, 2.45) is 5.73 Å². The fourth-order valence-corrected chi connectivity index (χ4v) is 4.79. The molecule has 9 heteroatoms. The Morgan fingerprint density at radius 2 is 1.38 bits per heavy atom. The van der Waals surface area contributed by atoms with Crippen molar-refractivity contribution in [2.45, 2.75) is 128 Å². The summed E-state index contributed by atoms with van der Waals surface area (Å²) in [7, 11) is 1.22. The second-order valence-corrected chi connectivity index (χ2v) is 10.8. The van der Waals surface area contributed by atoms with Gasteiger partial charge in [0.15, 0.2) is 0 Å². The van der Waals surface area contributed by atoms with E-state index in [1.807, 2.05) is 0 Å². The van der Waals surface area contributed by atoms with Crippen molar-refractivity contribution in [3.8, 4) is 0 Å². The van der Waals surface area contributed by atoms with E-state index in [2.05, 4.69) is 17.0 Å². The standard InChI is InChI=1S/C28H54N2O6S/c1-3-4-5-6-7-8-9-10-11-12-13-14-15-16-17-18-26(32)36-21-22-37-23-24(29)27(33)30-25(19-20-31)28(34)35-2/h24-25,31H,3-23,29H2,1-2H3,(H,30,33)/t24-,25-/m0/s1. The van der Waals surface area contributed by atoms with Crippen LogP contribution in [-0.4, -0.2) is 66.9 Å². The van der Waals surface area contributed by atoms with E-state index in [1.54, 1.807) is 0 Å². The Bertz CT molecular complexity index is 579. The molecule has 218 valence electrons. The van der Waals surface area contributed by atoms with E-state index in [-0.39, 0.29) is 25.6 Å². The van der Waals surface area contributed by atoms with Crippen molar-refractivity contribution < 1.29 is 29.0 Å². The number of carbonyl (C=O) groups is 3. The molecule has 0 aliphatic carbocycles. The van der Waals surface area contributed by atoms with Crippen LogP contribution in [0.15, 0.2) is 0 Å². The van der Waals surface area contributed by atoms with Crippen LogP contribution in [-0.2, 0) is 23.9 Å². The largest absolute Gasteiger partial charge is 0.467 e. The Morgan fingerprint density at radius 3 is 1.86 bits per heavy atom. The third-order valence-corrected chi connectivity index (χ3v) is 7.38. The topological polar surface area (TPSA) is 128 Å². The Hall–Kier alpha value is -1.32. The van der Waals surface area contributed by atoms with E-state index < -0.39 is 24.0 Å². The Morgan fingerprint density at radius 1 is 0.865 bits per heavy atom. The molecule has 0 aliphatic heterocycles. The van der Waals surface area contributed by atoms with Crippen molar-refractivity contribution >= 4 is 29.6 Å². The molecule has 0 rings (SSSR count). The monoisotopic (exact) mass is 546 g/mol. The number of aliphatic hydroxyl groups excluding tert-OH is 1. The molecule has 0 heterocycles. The van der Waals surface area contributed by atoms with Crippen molar-refractivity contribution in [1.29, 1.82) is 0 Å². The van der Waals surface area contributed by atoms with Crippen LogP contribution in [0.1, 0.15) is 116 Å². The molecule has 1 amide bonds. The highest BCUT2D eigenvalue weighted by molar-refractivity contribution is 7.99. The second-order valence-electron chi connectivity index (χ2n) is 9.70. The molecule has 4 N–H and O–H groups in total. The Balaban J connectivity index is 3.55. The zero-order valence-corrected chi connectivity index (χ0v) is 24.3. The number of thioether (sulfide) groups is 1. The second kappa shape index (κ2) is 26.3. The number of esters is 2. The summed E-state index contributed by atoms with van der Waals surface area (Å²) in [6.45, 7) is 2.29. The van der Waals surface area contributed by atoms with Gasteiger partial charge in [0.2, 0.25) is 5.91 Å². The lowest BCUT2D eigenvalue weighted by Crippen LogP contribution is -2.50. The molecule has 0 aliphatic rings. The number of amides is 1. The smallest absolute Gasteiger partial charge is 0.328 e. The third-order valence-electron chi connectivity index (χ3n) is 6.33. The van der Waals surface area contributed by atoms with Crippen LogP contribution >= 0.6 is 11.8 Å². The Labute approximate surface area is 229 Å². The molecule has 0 aromatic rings. The molecular formula is C28H54N2O6S. The van der Waals surface area contributed by atoms with Crippen molar-refractivity contribution in [3.05, 3.63) is 0 Å². The molecule has 0 aromatic heterocycles. The molecule has 2 atom stereocenters. The first-order chi connectivity index (χ1) is 18.0. The van der Waals surface area contributed by atoms with Crippen LogP contribution < -0.4 is 11.1 Å². The fourth-order valence-electron chi connectivity index (χ4n) is 4.01. The average Bonchev–Trinajstić information content (AvgIpc) is 2.89. The van der Waals surface area contributed by atoms with Gasteiger partial charge in [0.1, 0.15) is 12.6 Å². The summed E-state index contributed by atoms with van der Waals surface area (Å²) in [5.41, 5.74) is 5.86. The number of hydrogen-bond donors (Lipinski definition) is 3. The number of methoxy groups -OCH3 is 1. The first kappa shape index (κ1) is 35.7. The van der Waals surface area contributed by atoms with Gasteiger partial charge in [-0.15, -0.1) is 0 Å². The Kier molecular flexibility index (Phi) is 25.4. The lowest BCUT2D eigenvalue weighted by Gasteiger charge is -2.18. The van der Waals surface area contributed by atoms with Gasteiger partial charge < -0.3 is 25.6 Å². The minimum atomic E-state index is -0.917. The van der Waals surface area contributed by atoms with Crippen molar-refractivity contribution in [3.63, 3.8) is 0 Å². The zero-order valence-electron chi connectivity index (χ0n) is 23.5. The summed E-state index contributed by atoms with van der Waals surface area (Å²) in [6.07, 6.45) is 19.9. The normalized spacial score (nSPS) is 12.6. The van der Waals surface area contributed by atoms with Gasteiger partial charge in [0.05, 0.1) is 13.2 Å². The van der Waals surface area contributed by atoms with Gasteiger partial charge in [0, 0.05) is 31.0 Å². The highest BCUT2D eigenvalue weighted by Crippen LogP contribution is 2.14. The summed E-state index contributed by atoms with van der Waals surface area (Å²) in [5.74, 6) is -0.412. The van der Waals surface area contributed by atoms with Crippen LogP contribution in [0.3, 0.4) is 0 Å².